The molecule has 1 fully saturated rings. The van der Waals surface area contributed by atoms with Gasteiger partial charge in [-0.2, -0.15) is 10.4 Å². The highest BCUT2D eigenvalue weighted by Crippen LogP contribution is 2.18. The van der Waals surface area contributed by atoms with E-state index in [1.807, 2.05) is 41.2 Å². The van der Waals surface area contributed by atoms with E-state index in [1.165, 1.54) is 0 Å². The molecule has 0 radical (unpaired) electrons. The Hall–Kier alpha value is -2.32. The smallest absolute Gasteiger partial charge is 0.0991 e. The number of benzene rings is 1. The number of hydrogen-bond donors (Lipinski definition) is 0. The molecule has 0 aliphatic carbocycles. The number of hydrogen-bond acceptors (Lipinski definition) is 4. The van der Waals surface area contributed by atoms with Crippen LogP contribution in [0.1, 0.15) is 5.56 Å². The van der Waals surface area contributed by atoms with E-state index in [1.54, 1.807) is 6.20 Å². The van der Waals surface area contributed by atoms with Crippen LogP contribution in [0.4, 0.5) is 5.69 Å². The highest BCUT2D eigenvalue weighted by atomic mass is 16.5. The molecule has 5 nitrogen and oxygen atoms in total. The van der Waals surface area contributed by atoms with Crippen LogP contribution in [0.2, 0.25) is 0 Å². The topological polar surface area (TPSA) is 54.1 Å². The molecule has 1 unspecified atom stereocenters. The lowest BCUT2D eigenvalue weighted by molar-refractivity contribution is 0.0274. The summed E-state index contributed by atoms with van der Waals surface area (Å²) in [5, 5.41) is 13.0. The Morgan fingerprint density at radius 3 is 2.90 bits per heavy atom. The quantitative estimate of drug-likeness (QED) is 0.849. The Bertz CT molecular complexity index is 585. The summed E-state index contributed by atoms with van der Waals surface area (Å²) in [6, 6.07) is 11.8. The van der Waals surface area contributed by atoms with Gasteiger partial charge in [-0.25, -0.2) is 0 Å². The monoisotopic (exact) mass is 268 g/mol. The van der Waals surface area contributed by atoms with Crippen molar-refractivity contribution in [1.82, 2.24) is 9.78 Å². The van der Waals surface area contributed by atoms with Gasteiger partial charge in [-0.1, -0.05) is 0 Å². The Kier molecular flexibility index (Phi) is 3.66. The summed E-state index contributed by atoms with van der Waals surface area (Å²) in [6.07, 6.45) is 3.87. The number of aromatic nitrogens is 2. The minimum atomic E-state index is 0.138. The van der Waals surface area contributed by atoms with E-state index in [4.69, 9.17) is 10.00 Å². The van der Waals surface area contributed by atoms with Crippen molar-refractivity contribution in [2.24, 2.45) is 0 Å². The van der Waals surface area contributed by atoms with Gasteiger partial charge in [0.05, 0.1) is 30.9 Å². The maximum Gasteiger partial charge on any atom is 0.0991 e. The van der Waals surface area contributed by atoms with Crippen molar-refractivity contribution in [1.29, 1.82) is 5.26 Å². The molecule has 1 aromatic heterocycles. The van der Waals surface area contributed by atoms with Gasteiger partial charge < -0.3 is 9.64 Å². The summed E-state index contributed by atoms with van der Waals surface area (Å²) in [5.74, 6) is 0. The third-order valence-corrected chi connectivity index (χ3v) is 3.45. The van der Waals surface area contributed by atoms with Gasteiger partial charge in [0, 0.05) is 31.2 Å². The number of ether oxygens (including phenoxy) is 1. The first-order chi connectivity index (χ1) is 9.85. The van der Waals surface area contributed by atoms with E-state index in [2.05, 4.69) is 16.1 Å². The molecule has 0 bridgehead atoms. The maximum atomic E-state index is 8.83. The normalized spacial score (nSPS) is 18.8. The van der Waals surface area contributed by atoms with Crippen LogP contribution in [0, 0.1) is 11.3 Å². The van der Waals surface area contributed by atoms with Crippen molar-refractivity contribution >= 4 is 5.69 Å². The molecule has 3 rings (SSSR count). The van der Waals surface area contributed by atoms with Crippen LogP contribution >= 0.6 is 0 Å². The molecule has 0 saturated carbocycles. The van der Waals surface area contributed by atoms with Gasteiger partial charge in [0.25, 0.3) is 0 Å². The van der Waals surface area contributed by atoms with E-state index in [0.717, 1.165) is 25.3 Å². The van der Waals surface area contributed by atoms with Crippen molar-refractivity contribution in [3.05, 3.63) is 48.3 Å². The van der Waals surface area contributed by atoms with E-state index in [9.17, 15) is 0 Å². The lowest BCUT2D eigenvalue weighted by Gasteiger charge is -2.34. The summed E-state index contributed by atoms with van der Waals surface area (Å²) >= 11 is 0. The summed E-state index contributed by atoms with van der Waals surface area (Å²) in [4.78, 5) is 2.29. The molecule has 1 aliphatic rings. The fourth-order valence-corrected chi connectivity index (χ4v) is 2.43. The summed E-state index contributed by atoms with van der Waals surface area (Å²) in [7, 11) is 0. The van der Waals surface area contributed by atoms with Crippen LogP contribution in [0.3, 0.4) is 0 Å². The average molecular weight is 268 g/mol. The molecule has 5 heteroatoms. The summed E-state index contributed by atoms with van der Waals surface area (Å²) in [6.45, 7) is 3.19. The standard InChI is InChI=1S/C15H16N4O/c16-10-13-2-4-14(5-3-13)18-8-9-20-15(11-18)12-19-7-1-6-17-19/h1-7,15H,8-9,11-12H2. The average Bonchev–Trinajstić information content (AvgIpc) is 3.01. The molecule has 1 aliphatic heterocycles. The zero-order valence-electron chi connectivity index (χ0n) is 11.1. The zero-order chi connectivity index (χ0) is 13.8. The number of anilines is 1. The molecule has 0 N–H and O–H groups in total. The molecule has 20 heavy (non-hydrogen) atoms. The zero-order valence-corrected chi connectivity index (χ0v) is 11.1. The predicted octanol–water partition coefficient (Wildman–Crippen LogP) is 1.66. The van der Waals surface area contributed by atoms with Gasteiger partial charge in [0.1, 0.15) is 0 Å². The second kappa shape index (κ2) is 5.76. The van der Waals surface area contributed by atoms with Gasteiger partial charge in [0.15, 0.2) is 0 Å². The Morgan fingerprint density at radius 2 is 2.20 bits per heavy atom. The van der Waals surface area contributed by atoms with E-state index in [-0.39, 0.29) is 6.10 Å². The second-order valence-electron chi connectivity index (χ2n) is 4.83. The van der Waals surface area contributed by atoms with Gasteiger partial charge in [-0.3, -0.25) is 4.68 Å². The number of morpholine rings is 1. The summed E-state index contributed by atoms with van der Waals surface area (Å²) in [5.41, 5.74) is 1.83. The third kappa shape index (κ3) is 2.81. The SMILES string of the molecule is N#Cc1ccc(N2CCOC(Cn3cccn3)C2)cc1. The molecule has 1 saturated heterocycles. The maximum absolute atomic E-state index is 8.83. The van der Waals surface area contributed by atoms with Crippen LogP contribution in [-0.2, 0) is 11.3 Å². The van der Waals surface area contributed by atoms with Crippen LogP contribution in [-0.4, -0.2) is 35.6 Å². The Morgan fingerprint density at radius 1 is 1.35 bits per heavy atom. The van der Waals surface area contributed by atoms with Gasteiger partial charge in [0.2, 0.25) is 0 Å². The molecule has 0 amide bonds. The summed E-state index contributed by atoms with van der Waals surface area (Å²) < 4.78 is 7.69. The van der Waals surface area contributed by atoms with Crippen LogP contribution < -0.4 is 4.90 Å². The molecule has 1 aromatic carbocycles. The number of nitrogens with zero attached hydrogens (tertiary/aromatic N) is 4. The van der Waals surface area contributed by atoms with E-state index in [0.29, 0.717) is 12.2 Å². The van der Waals surface area contributed by atoms with Crippen LogP contribution in [0.15, 0.2) is 42.7 Å². The minimum absolute atomic E-state index is 0.138. The Labute approximate surface area is 118 Å². The molecule has 2 aromatic rings. The lowest BCUT2D eigenvalue weighted by Crippen LogP contribution is -2.44. The molecule has 0 spiro atoms. The van der Waals surface area contributed by atoms with Crippen LogP contribution in [0.5, 0.6) is 0 Å². The minimum Gasteiger partial charge on any atom is -0.373 e. The van der Waals surface area contributed by atoms with Crippen molar-refractivity contribution in [3.8, 4) is 6.07 Å². The van der Waals surface area contributed by atoms with Crippen molar-refractivity contribution < 1.29 is 4.74 Å². The number of rotatable bonds is 3. The molecular formula is C15H16N4O. The second-order valence-corrected chi connectivity index (χ2v) is 4.83. The van der Waals surface area contributed by atoms with Gasteiger partial charge >= 0.3 is 0 Å². The molecule has 102 valence electrons. The van der Waals surface area contributed by atoms with Crippen molar-refractivity contribution in [2.45, 2.75) is 12.6 Å². The fourth-order valence-electron chi connectivity index (χ4n) is 2.43. The first kappa shape index (κ1) is 12.7. The third-order valence-electron chi connectivity index (χ3n) is 3.45. The first-order valence-electron chi connectivity index (χ1n) is 6.69. The van der Waals surface area contributed by atoms with E-state index < -0.39 is 0 Å². The van der Waals surface area contributed by atoms with Gasteiger partial charge in [-0.05, 0) is 30.3 Å². The van der Waals surface area contributed by atoms with Crippen molar-refractivity contribution in [3.63, 3.8) is 0 Å². The first-order valence-corrected chi connectivity index (χ1v) is 6.69. The molecule has 2 heterocycles. The van der Waals surface area contributed by atoms with E-state index >= 15 is 0 Å². The van der Waals surface area contributed by atoms with Crippen molar-refractivity contribution in [2.75, 3.05) is 24.6 Å². The number of nitriles is 1. The van der Waals surface area contributed by atoms with Gasteiger partial charge in [-0.15, -0.1) is 0 Å². The predicted molar refractivity (Wildman–Crippen MR) is 75.3 cm³/mol. The lowest BCUT2D eigenvalue weighted by atomic mass is 10.2. The highest BCUT2D eigenvalue weighted by Gasteiger charge is 2.21. The Balaban J connectivity index is 1.66. The fraction of sp³-hybridized carbons (Fsp3) is 0.333. The highest BCUT2D eigenvalue weighted by molar-refractivity contribution is 5.50. The molecular weight excluding hydrogens is 252 g/mol. The molecule has 1 atom stereocenters. The van der Waals surface area contributed by atoms with Crippen LogP contribution in [0.25, 0.3) is 0 Å². The largest absolute Gasteiger partial charge is 0.373 e.